The summed E-state index contributed by atoms with van der Waals surface area (Å²) in [5.74, 6) is 0. The highest BCUT2D eigenvalue weighted by molar-refractivity contribution is 5.85. The average Bonchev–Trinajstić information content (AvgIpc) is 1.87. The summed E-state index contributed by atoms with van der Waals surface area (Å²) in [4.78, 5) is 2.25. The third-order valence-electron chi connectivity index (χ3n) is 1.43. The van der Waals surface area contributed by atoms with Crippen molar-refractivity contribution in [1.29, 1.82) is 0 Å². The number of nitrogens with zero attached hydrogens (tertiary/aromatic N) is 1. The smallest absolute Gasteiger partial charge is 0.0179 e. The van der Waals surface area contributed by atoms with Gasteiger partial charge >= 0.3 is 0 Å². The molecule has 1 fully saturated rings. The molecule has 0 aromatic rings. The van der Waals surface area contributed by atoms with Gasteiger partial charge in [0.05, 0.1) is 0 Å². The number of rotatable bonds is 0. The van der Waals surface area contributed by atoms with Crippen LogP contribution in [0.25, 0.3) is 0 Å². The SMILES string of the molecule is CN1CCC(N)C1.Cl.Cl. The summed E-state index contributed by atoms with van der Waals surface area (Å²) in [6.45, 7) is 2.27. The van der Waals surface area contributed by atoms with Gasteiger partial charge in [-0.2, -0.15) is 0 Å². The molecule has 0 aromatic heterocycles. The number of hydrogen-bond acceptors (Lipinski definition) is 2. The first-order valence-corrected chi connectivity index (χ1v) is 2.73. The van der Waals surface area contributed by atoms with Crippen LogP contribution in [0.5, 0.6) is 0 Å². The third-order valence-corrected chi connectivity index (χ3v) is 1.43. The van der Waals surface area contributed by atoms with Crippen molar-refractivity contribution in [2.24, 2.45) is 5.73 Å². The Morgan fingerprint density at radius 3 is 2.11 bits per heavy atom. The molecule has 1 atom stereocenters. The molecule has 2 nitrogen and oxygen atoms in total. The molecule has 1 heterocycles. The molecule has 0 saturated carbocycles. The predicted octanol–water partition coefficient (Wildman–Crippen LogP) is 0.493. The van der Waals surface area contributed by atoms with E-state index in [1.165, 1.54) is 13.0 Å². The highest BCUT2D eigenvalue weighted by atomic mass is 35.5. The van der Waals surface area contributed by atoms with Gasteiger partial charge in [0, 0.05) is 12.6 Å². The van der Waals surface area contributed by atoms with E-state index in [2.05, 4.69) is 11.9 Å². The molecule has 9 heavy (non-hydrogen) atoms. The number of halogens is 2. The van der Waals surface area contributed by atoms with Crippen LogP contribution in [-0.2, 0) is 0 Å². The second-order valence-electron chi connectivity index (χ2n) is 2.31. The lowest BCUT2D eigenvalue weighted by Crippen LogP contribution is -2.23. The molecular weight excluding hydrogens is 159 g/mol. The van der Waals surface area contributed by atoms with Crippen molar-refractivity contribution < 1.29 is 0 Å². The van der Waals surface area contributed by atoms with Gasteiger partial charge in [0.1, 0.15) is 0 Å². The molecule has 1 saturated heterocycles. The second kappa shape index (κ2) is 5.30. The predicted molar refractivity (Wildman–Crippen MR) is 44.6 cm³/mol. The van der Waals surface area contributed by atoms with E-state index in [4.69, 9.17) is 5.73 Å². The summed E-state index contributed by atoms with van der Waals surface area (Å²) in [6.07, 6.45) is 1.18. The Kier molecular flexibility index (Phi) is 7.18. The molecule has 0 aromatic carbocycles. The van der Waals surface area contributed by atoms with E-state index in [9.17, 15) is 0 Å². The minimum Gasteiger partial charge on any atom is -0.326 e. The number of likely N-dealkylation sites (tertiary alicyclic amines) is 1. The Morgan fingerprint density at radius 1 is 1.44 bits per heavy atom. The van der Waals surface area contributed by atoms with Gasteiger partial charge in [-0.25, -0.2) is 0 Å². The Bertz CT molecular complexity index is 62.0. The fourth-order valence-electron chi connectivity index (χ4n) is 0.969. The first-order chi connectivity index (χ1) is 3.29. The van der Waals surface area contributed by atoms with E-state index in [1.807, 2.05) is 0 Å². The van der Waals surface area contributed by atoms with Crippen LogP contribution in [0.3, 0.4) is 0 Å². The second-order valence-corrected chi connectivity index (χ2v) is 2.31. The van der Waals surface area contributed by atoms with Crippen LogP contribution >= 0.6 is 24.8 Å². The molecule has 2 N–H and O–H groups in total. The van der Waals surface area contributed by atoms with Crippen LogP contribution in [-0.4, -0.2) is 31.1 Å². The molecule has 1 rings (SSSR count). The highest BCUT2D eigenvalue weighted by Gasteiger charge is 2.13. The van der Waals surface area contributed by atoms with Gasteiger partial charge in [0.15, 0.2) is 0 Å². The van der Waals surface area contributed by atoms with Gasteiger partial charge in [-0.05, 0) is 20.0 Å². The topological polar surface area (TPSA) is 29.3 Å². The fourth-order valence-corrected chi connectivity index (χ4v) is 0.969. The fraction of sp³-hybridized carbons (Fsp3) is 1.00. The van der Waals surface area contributed by atoms with E-state index in [0.29, 0.717) is 6.04 Å². The maximum absolute atomic E-state index is 5.58. The van der Waals surface area contributed by atoms with Crippen LogP contribution in [0, 0.1) is 0 Å². The summed E-state index contributed by atoms with van der Waals surface area (Å²) in [5, 5.41) is 0. The van der Waals surface area contributed by atoms with Crippen molar-refractivity contribution in [3.05, 3.63) is 0 Å². The molecule has 1 aliphatic rings. The number of nitrogens with two attached hydrogens (primary N) is 1. The maximum atomic E-state index is 5.58. The zero-order valence-corrected chi connectivity index (χ0v) is 7.17. The van der Waals surface area contributed by atoms with Crippen LogP contribution in [0.15, 0.2) is 0 Å². The maximum Gasteiger partial charge on any atom is 0.0179 e. The minimum absolute atomic E-state index is 0. The third kappa shape index (κ3) is 3.98. The largest absolute Gasteiger partial charge is 0.326 e. The van der Waals surface area contributed by atoms with Gasteiger partial charge in [-0.3, -0.25) is 0 Å². The summed E-state index contributed by atoms with van der Waals surface area (Å²) in [7, 11) is 2.10. The quantitative estimate of drug-likeness (QED) is 0.577. The number of hydrogen-bond donors (Lipinski definition) is 1. The lowest BCUT2D eigenvalue weighted by Gasteiger charge is -2.03. The van der Waals surface area contributed by atoms with Gasteiger partial charge in [-0.1, -0.05) is 0 Å². The van der Waals surface area contributed by atoms with Crippen molar-refractivity contribution in [1.82, 2.24) is 4.90 Å². The molecule has 1 unspecified atom stereocenters. The van der Waals surface area contributed by atoms with Crippen LogP contribution in [0.2, 0.25) is 0 Å². The van der Waals surface area contributed by atoms with E-state index in [0.717, 1.165) is 6.54 Å². The minimum atomic E-state index is 0. The Morgan fingerprint density at radius 2 is 2.00 bits per heavy atom. The van der Waals surface area contributed by atoms with Gasteiger partial charge < -0.3 is 10.6 Å². The van der Waals surface area contributed by atoms with Crippen LogP contribution in [0.4, 0.5) is 0 Å². The van der Waals surface area contributed by atoms with Crippen molar-refractivity contribution in [2.75, 3.05) is 20.1 Å². The van der Waals surface area contributed by atoms with Gasteiger partial charge in [-0.15, -0.1) is 24.8 Å². The summed E-state index contributed by atoms with van der Waals surface area (Å²) in [5.41, 5.74) is 5.58. The normalized spacial score (nSPS) is 26.7. The summed E-state index contributed by atoms with van der Waals surface area (Å²) >= 11 is 0. The van der Waals surface area contributed by atoms with E-state index >= 15 is 0 Å². The molecule has 4 heteroatoms. The zero-order valence-electron chi connectivity index (χ0n) is 5.54. The summed E-state index contributed by atoms with van der Waals surface area (Å²) < 4.78 is 0. The standard InChI is InChI=1S/C5H12N2.2ClH/c1-7-3-2-5(6)4-7;;/h5H,2-4,6H2,1H3;2*1H. The molecule has 0 spiro atoms. The molecule has 58 valence electrons. The van der Waals surface area contributed by atoms with Gasteiger partial charge in [0.2, 0.25) is 0 Å². The van der Waals surface area contributed by atoms with Crippen molar-refractivity contribution in [3.8, 4) is 0 Å². The lowest BCUT2D eigenvalue weighted by molar-refractivity contribution is 0.411. The summed E-state index contributed by atoms with van der Waals surface area (Å²) in [6, 6.07) is 0.449. The lowest BCUT2D eigenvalue weighted by atomic mass is 10.3. The molecular formula is C5H14Cl2N2. The average molecular weight is 173 g/mol. The first-order valence-electron chi connectivity index (χ1n) is 2.73. The van der Waals surface area contributed by atoms with Crippen molar-refractivity contribution >= 4 is 24.8 Å². The van der Waals surface area contributed by atoms with Crippen molar-refractivity contribution in [3.63, 3.8) is 0 Å². The Labute approximate surface area is 68.6 Å². The Balaban J connectivity index is 0. The molecule has 0 amide bonds. The zero-order chi connectivity index (χ0) is 5.28. The highest BCUT2D eigenvalue weighted by Crippen LogP contribution is 2.01. The van der Waals surface area contributed by atoms with Crippen molar-refractivity contribution in [2.45, 2.75) is 12.5 Å². The van der Waals surface area contributed by atoms with Crippen LogP contribution < -0.4 is 5.73 Å². The molecule has 0 bridgehead atoms. The monoisotopic (exact) mass is 172 g/mol. The Hall–Kier alpha value is 0.500. The number of likely N-dealkylation sites (N-methyl/N-ethyl adjacent to an activating group) is 1. The van der Waals surface area contributed by atoms with E-state index in [-0.39, 0.29) is 24.8 Å². The molecule has 0 aliphatic carbocycles. The van der Waals surface area contributed by atoms with E-state index < -0.39 is 0 Å². The van der Waals surface area contributed by atoms with E-state index in [1.54, 1.807) is 0 Å². The first kappa shape index (κ1) is 12.2. The molecule has 0 radical (unpaired) electrons. The van der Waals surface area contributed by atoms with Crippen LogP contribution in [0.1, 0.15) is 6.42 Å². The van der Waals surface area contributed by atoms with Gasteiger partial charge in [0.25, 0.3) is 0 Å². The molecule has 1 aliphatic heterocycles.